The Morgan fingerprint density at radius 3 is 0.783 bits per heavy atom. The topological polar surface area (TPSA) is 262 Å². The summed E-state index contributed by atoms with van der Waals surface area (Å²) < 4.78 is 0. The summed E-state index contributed by atoms with van der Waals surface area (Å²) in [4.78, 5) is 35.6. The van der Waals surface area contributed by atoms with Gasteiger partial charge < -0.3 is 43.6 Å². The Balaban J connectivity index is -0.0000000197. The molecule has 140 valence electrons. The second-order valence-corrected chi connectivity index (χ2v) is 1.99. The molecule has 0 aromatic rings. The minimum Gasteiger partial charge on any atom is -0.693 e. The average Bonchev–Trinajstić information content (AvgIpc) is 2.13. The van der Waals surface area contributed by atoms with Crippen LogP contribution in [0.25, 0.3) is 12.3 Å². The SMILES string of the molecule is NC[CH-]O.[CH2-]C(=O)O.[CH2-]C(=O)O.[CH2-]C(=O)O.[CH2-]C(=O)O.[NH2-].[NH2-].[Zn]. The van der Waals surface area contributed by atoms with Crippen molar-refractivity contribution in [3.8, 4) is 0 Å². The van der Waals surface area contributed by atoms with Gasteiger partial charge in [0.05, 0.1) is 0 Å². The molecule has 0 unspecified atom stereocenters. The van der Waals surface area contributed by atoms with E-state index in [0.717, 1.165) is 6.61 Å². The summed E-state index contributed by atoms with van der Waals surface area (Å²) in [5.41, 5.74) is 4.72. The third kappa shape index (κ3) is 4550. The molecule has 0 aliphatic heterocycles. The van der Waals surface area contributed by atoms with Crippen LogP contribution in [0.2, 0.25) is 0 Å². The van der Waals surface area contributed by atoms with E-state index in [9.17, 15) is 0 Å². The molecule has 0 aliphatic rings. The van der Waals surface area contributed by atoms with Crippen LogP contribution in [0.4, 0.5) is 0 Å². The van der Waals surface area contributed by atoms with Crippen molar-refractivity contribution < 1.29 is 64.2 Å². The third-order valence-corrected chi connectivity index (χ3v) is 0.105. The molecule has 0 aromatic heterocycles. The van der Waals surface area contributed by atoms with Crippen LogP contribution < -0.4 is 5.73 Å². The zero-order chi connectivity index (χ0) is 17.7. The first-order valence-corrected chi connectivity index (χ1v) is 4.20. The van der Waals surface area contributed by atoms with Gasteiger partial charge in [-0.3, -0.25) is 46.9 Å². The molecule has 0 spiro atoms. The summed E-state index contributed by atoms with van der Waals surface area (Å²) in [5.74, 6) is -4.33. The molecule has 0 aromatic carbocycles. The molecule has 0 radical (unpaired) electrons. The Hall–Kier alpha value is -2.18. The van der Waals surface area contributed by atoms with E-state index in [2.05, 4.69) is 27.7 Å². The molecular formula is C10H22N3O9Zn-7. The van der Waals surface area contributed by atoms with Crippen LogP contribution >= 0.6 is 0 Å². The van der Waals surface area contributed by atoms with Crippen LogP contribution in [-0.4, -0.2) is 56.0 Å². The van der Waals surface area contributed by atoms with Crippen LogP contribution in [-0.2, 0) is 38.7 Å². The molecule has 0 atom stereocenters. The molecule has 12 nitrogen and oxygen atoms in total. The van der Waals surface area contributed by atoms with Gasteiger partial charge in [-0.2, -0.15) is 0 Å². The summed E-state index contributed by atoms with van der Waals surface area (Å²) in [6.45, 7) is 11.4. The van der Waals surface area contributed by atoms with Crippen molar-refractivity contribution in [3.63, 3.8) is 0 Å². The minimum absolute atomic E-state index is 0. The number of aliphatic carboxylic acids is 4. The molecule has 0 saturated heterocycles. The number of carboxylic acid groups (broad SMARTS) is 4. The van der Waals surface area contributed by atoms with Crippen LogP contribution in [0.15, 0.2) is 0 Å². The number of rotatable bonds is 1. The Morgan fingerprint density at radius 2 is 0.783 bits per heavy atom. The van der Waals surface area contributed by atoms with Crippen molar-refractivity contribution in [2.45, 2.75) is 0 Å². The van der Waals surface area contributed by atoms with Gasteiger partial charge in [0.1, 0.15) is 0 Å². The van der Waals surface area contributed by atoms with Crippen LogP contribution in [0.1, 0.15) is 0 Å². The first-order valence-electron chi connectivity index (χ1n) is 4.20. The summed E-state index contributed by atoms with van der Waals surface area (Å²) >= 11 is 0. The minimum atomic E-state index is -1.08. The number of nitrogens with two attached hydrogens (primary N) is 3. The molecule has 0 bridgehead atoms. The van der Waals surface area contributed by atoms with Gasteiger partial charge in [-0.05, 0) is 0 Å². The monoisotopic (exact) mass is 392 g/mol. The number of carboxylic acids is 4. The summed E-state index contributed by atoms with van der Waals surface area (Å²) in [7, 11) is 0. The zero-order valence-electron chi connectivity index (χ0n) is 12.4. The van der Waals surface area contributed by atoms with E-state index in [1.54, 1.807) is 0 Å². The van der Waals surface area contributed by atoms with Gasteiger partial charge >= 0.3 is 0 Å². The molecule has 23 heavy (non-hydrogen) atoms. The smallest absolute Gasteiger partial charge is 0.161 e. The predicted molar refractivity (Wildman–Crippen MR) is 77.8 cm³/mol. The maximum Gasteiger partial charge on any atom is 0.161 e. The van der Waals surface area contributed by atoms with Gasteiger partial charge in [-0.15, -0.1) is 6.54 Å². The second-order valence-electron chi connectivity index (χ2n) is 1.99. The van der Waals surface area contributed by atoms with Crippen LogP contribution in [0, 0.1) is 34.3 Å². The fraction of sp³-hybridized carbons (Fsp3) is 0.100. The van der Waals surface area contributed by atoms with Gasteiger partial charge in [0.2, 0.25) is 0 Å². The van der Waals surface area contributed by atoms with E-state index in [4.69, 9.17) is 50.4 Å². The normalized spacial score (nSPS) is 5.48. The van der Waals surface area contributed by atoms with Gasteiger partial charge in [-0.1, -0.05) is 0 Å². The van der Waals surface area contributed by atoms with Gasteiger partial charge in [0.25, 0.3) is 0 Å². The van der Waals surface area contributed by atoms with E-state index in [1.165, 1.54) is 0 Å². The van der Waals surface area contributed by atoms with Crippen molar-refractivity contribution in [1.29, 1.82) is 0 Å². The first kappa shape index (κ1) is 49.8. The number of hydrogen-bond acceptors (Lipinski definition) is 6. The standard InChI is InChI=1S/C2H6NO.4C2H3O2.2H2N.Zn/c3-1-2-4;4*1-2(3)4;;;/h2,4H,1,3H2;4*1H2,(H,3,4);2*1H2;/q7*-1;. The Bertz CT molecular complexity index is 200. The van der Waals surface area contributed by atoms with E-state index in [1.807, 2.05) is 0 Å². The van der Waals surface area contributed by atoms with E-state index < -0.39 is 23.9 Å². The summed E-state index contributed by atoms with van der Waals surface area (Å²) in [6, 6.07) is 0. The van der Waals surface area contributed by atoms with Gasteiger partial charge in [-0.25, -0.2) is 6.61 Å². The number of aliphatic hydroxyl groups is 1. The first-order chi connectivity index (χ1) is 8.84. The van der Waals surface area contributed by atoms with Crippen molar-refractivity contribution in [2.24, 2.45) is 5.73 Å². The van der Waals surface area contributed by atoms with Gasteiger partial charge in [0, 0.05) is 19.5 Å². The van der Waals surface area contributed by atoms with Crippen LogP contribution in [0.5, 0.6) is 0 Å². The van der Waals surface area contributed by atoms with E-state index in [0.29, 0.717) is 0 Å². The molecule has 0 saturated carbocycles. The van der Waals surface area contributed by atoms with Crippen molar-refractivity contribution in [1.82, 2.24) is 0 Å². The molecular weight excluding hydrogens is 372 g/mol. The molecule has 11 N–H and O–H groups in total. The Labute approximate surface area is 147 Å². The molecule has 0 amide bonds. The molecule has 0 fully saturated rings. The predicted octanol–water partition coefficient (Wildman–Crippen LogP) is 0.531. The fourth-order valence-corrected chi connectivity index (χ4v) is 0. The molecule has 0 aliphatic carbocycles. The second kappa shape index (κ2) is 50.2. The fourth-order valence-electron chi connectivity index (χ4n) is 0. The zero-order valence-corrected chi connectivity index (χ0v) is 15.4. The third-order valence-electron chi connectivity index (χ3n) is 0.105. The maximum atomic E-state index is 8.89. The Morgan fingerprint density at radius 1 is 0.739 bits per heavy atom. The maximum absolute atomic E-state index is 8.89. The summed E-state index contributed by atoms with van der Waals surface area (Å²) in [5, 5.41) is 36.8. The van der Waals surface area contributed by atoms with Crippen molar-refractivity contribution in [3.05, 3.63) is 46.6 Å². The molecule has 0 rings (SSSR count). The average molecular weight is 394 g/mol. The molecule has 0 heterocycles. The largest absolute Gasteiger partial charge is 0.693 e. The number of aliphatic hydroxyl groups excluding tert-OH is 1. The Kier molecular flexibility index (Phi) is 109. The number of carbonyl (C=O) groups is 4. The van der Waals surface area contributed by atoms with E-state index >= 15 is 0 Å². The van der Waals surface area contributed by atoms with Crippen molar-refractivity contribution >= 4 is 23.9 Å². The van der Waals surface area contributed by atoms with E-state index in [-0.39, 0.29) is 38.3 Å². The number of hydrogen-bond donors (Lipinski definition) is 6. The quantitative estimate of drug-likeness (QED) is 0.265. The van der Waals surface area contributed by atoms with Crippen LogP contribution in [0.3, 0.4) is 0 Å². The van der Waals surface area contributed by atoms with Gasteiger partial charge in [0.15, 0.2) is 23.9 Å². The van der Waals surface area contributed by atoms with Crippen molar-refractivity contribution in [2.75, 3.05) is 6.54 Å². The summed E-state index contributed by atoms with van der Waals surface area (Å²) in [6.07, 6.45) is 0. The molecule has 13 heteroatoms.